The zero-order valence-corrected chi connectivity index (χ0v) is 17.4. The third-order valence-corrected chi connectivity index (χ3v) is 5.46. The van der Waals surface area contributed by atoms with E-state index in [1.54, 1.807) is 14.2 Å². The molecule has 0 aromatic heterocycles. The zero-order chi connectivity index (χ0) is 20.4. The topological polar surface area (TPSA) is 76.7 Å². The van der Waals surface area contributed by atoms with Gasteiger partial charge < -0.3 is 20.1 Å². The fraction of sp³-hybridized carbons (Fsp3) is 0.636. The maximum atomic E-state index is 12.4. The molecule has 2 N–H and O–H groups in total. The van der Waals surface area contributed by atoms with Gasteiger partial charge in [-0.25, -0.2) is 0 Å². The summed E-state index contributed by atoms with van der Waals surface area (Å²) in [4.78, 5) is 24.6. The highest BCUT2D eigenvalue weighted by atomic mass is 16.5. The predicted molar refractivity (Wildman–Crippen MR) is 110 cm³/mol. The van der Waals surface area contributed by atoms with E-state index >= 15 is 0 Å². The smallest absolute Gasteiger partial charge is 0.223 e. The molecule has 2 rings (SSSR count). The highest BCUT2D eigenvalue weighted by Gasteiger charge is 2.29. The normalized spacial score (nSPS) is 19.0. The Morgan fingerprint density at radius 3 is 2.04 bits per heavy atom. The van der Waals surface area contributed by atoms with Crippen LogP contribution >= 0.6 is 0 Å². The lowest BCUT2D eigenvalue weighted by molar-refractivity contribution is -0.130. The van der Waals surface area contributed by atoms with E-state index in [1.165, 1.54) is 0 Å². The maximum Gasteiger partial charge on any atom is 0.223 e. The van der Waals surface area contributed by atoms with Crippen LogP contribution in [0.1, 0.15) is 51.0 Å². The van der Waals surface area contributed by atoms with E-state index in [2.05, 4.69) is 17.6 Å². The van der Waals surface area contributed by atoms with E-state index in [4.69, 9.17) is 9.47 Å². The number of benzene rings is 1. The molecular weight excluding hydrogens is 356 g/mol. The minimum absolute atomic E-state index is 0.0186. The molecule has 0 spiro atoms. The van der Waals surface area contributed by atoms with E-state index in [1.807, 2.05) is 18.2 Å². The van der Waals surface area contributed by atoms with E-state index in [-0.39, 0.29) is 23.7 Å². The number of carbonyl (C=O) groups is 2. The summed E-state index contributed by atoms with van der Waals surface area (Å²) >= 11 is 0. The third-order valence-electron chi connectivity index (χ3n) is 5.46. The lowest BCUT2D eigenvalue weighted by atomic mass is 9.81. The molecule has 1 aromatic carbocycles. The molecule has 6 nitrogen and oxygen atoms in total. The van der Waals surface area contributed by atoms with Gasteiger partial charge in [-0.2, -0.15) is 0 Å². The van der Waals surface area contributed by atoms with Crippen molar-refractivity contribution in [1.29, 1.82) is 0 Å². The number of methoxy groups -OCH3 is 2. The van der Waals surface area contributed by atoms with Crippen LogP contribution in [0.5, 0.6) is 11.5 Å². The van der Waals surface area contributed by atoms with Gasteiger partial charge in [-0.1, -0.05) is 19.4 Å². The Labute approximate surface area is 168 Å². The molecule has 1 fully saturated rings. The van der Waals surface area contributed by atoms with Gasteiger partial charge in [-0.05, 0) is 56.2 Å². The molecule has 0 unspecified atom stereocenters. The molecule has 1 saturated carbocycles. The van der Waals surface area contributed by atoms with Crippen LogP contribution in [-0.4, -0.2) is 39.1 Å². The minimum atomic E-state index is 0.0186. The second-order valence-electron chi connectivity index (χ2n) is 7.42. The summed E-state index contributed by atoms with van der Waals surface area (Å²) in [6.45, 7) is 3.46. The summed E-state index contributed by atoms with van der Waals surface area (Å²) in [6.07, 6.45) is 6.00. The highest BCUT2D eigenvalue weighted by Crippen LogP contribution is 2.29. The van der Waals surface area contributed by atoms with Gasteiger partial charge in [0.1, 0.15) is 0 Å². The van der Waals surface area contributed by atoms with E-state index in [9.17, 15) is 9.59 Å². The average molecular weight is 391 g/mol. The summed E-state index contributed by atoms with van der Waals surface area (Å²) in [6, 6.07) is 5.80. The fourth-order valence-corrected chi connectivity index (χ4v) is 3.66. The average Bonchev–Trinajstić information content (AvgIpc) is 2.73. The second kappa shape index (κ2) is 11.6. The standard InChI is InChI=1S/C22H34N2O4/c1-4-5-13-23-21(25)17-7-9-18(10-8-17)22(26)24-14-12-16-6-11-19(27-2)20(15-16)28-3/h6,11,15,17-18H,4-5,7-10,12-14H2,1-3H3,(H,23,25)(H,24,26). The van der Waals surface area contributed by atoms with Crippen LogP contribution in [0.2, 0.25) is 0 Å². The van der Waals surface area contributed by atoms with Crippen LogP contribution in [0.25, 0.3) is 0 Å². The van der Waals surface area contributed by atoms with Gasteiger partial charge in [0.15, 0.2) is 11.5 Å². The van der Waals surface area contributed by atoms with E-state index in [0.717, 1.165) is 57.1 Å². The molecule has 0 bridgehead atoms. The molecule has 0 heterocycles. The Morgan fingerprint density at radius 1 is 0.929 bits per heavy atom. The molecule has 2 amide bonds. The van der Waals surface area contributed by atoms with Crippen LogP contribution in [-0.2, 0) is 16.0 Å². The molecule has 1 aliphatic rings. The van der Waals surface area contributed by atoms with Crippen LogP contribution in [0.4, 0.5) is 0 Å². The van der Waals surface area contributed by atoms with Crippen molar-refractivity contribution in [1.82, 2.24) is 10.6 Å². The lowest BCUT2D eigenvalue weighted by Gasteiger charge is -2.27. The Morgan fingerprint density at radius 2 is 1.50 bits per heavy atom. The number of nitrogens with one attached hydrogen (secondary N) is 2. The number of rotatable bonds is 10. The Hall–Kier alpha value is -2.24. The van der Waals surface area contributed by atoms with Crippen molar-refractivity contribution < 1.29 is 19.1 Å². The molecule has 1 aliphatic carbocycles. The molecule has 1 aromatic rings. The van der Waals surface area contributed by atoms with Crippen LogP contribution in [0.15, 0.2) is 18.2 Å². The fourth-order valence-electron chi connectivity index (χ4n) is 3.66. The molecule has 0 atom stereocenters. The van der Waals surface area contributed by atoms with Gasteiger partial charge in [0, 0.05) is 24.9 Å². The first-order valence-electron chi connectivity index (χ1n) is 10.3. The molecule has 0 saturated heterocycles. The Bertz CT molecular complexity index is 639. The van der Waals surface area contributed by atoms with E-state index < -0.39 is 0 Å². The number of unbranched alkanes of at least 4 members (excludes halogenated alkanes) is 1. The summed E-state index contributed by atoms with van der Waals surface area (Å²) in [5.41, 5.74) is 1.09. The van der Waals surface area contributed by atoms with Crippen molar-refractivity contribution >= 4 is 11.8 Å². The number of hydrogen-bond donors (Lipinski definition) is 2. The van der Waals surface area contributed by atoms with Crippen molar-refractivity contribution in [2.45, 2.75) is 51.9 Å². The first kappa shape index (κ1) is 22.1. The number of hydrogen-bond acceptors (Lipinski definition) is 4. The highest BCUT2D eigenvalue weighted by molar-refractivity contribution is 5.81. The quantitative estimate of drug-likeness (QED) is 0.602. The van der Waals surface area contributed by atoms with Gasteiger partial charge in [0.05, 0.1) is 14.2 Å². The monoisotopic (exact) mass is 390 g/mol. The predicted octanol–water partition coefficient (Wildman–Crippen LogP) is 3.09. The minimum Gasteiger partial charge on any atom is -0.493 e. The van der Waals surface area contributed by atoms with Crippen LogP contribution < -0.4 is 20.1 Å². The molecule has 156 valence electrons. The number of carbonyl (C=O) groups excluding carboxylic acids is 2. The number of amides is 2. The van der Waals surface area contributed by atoms with Gasteiger partial charge in [-0.3, -0.25) is 9.59 Å². The van der Waals surface area contributed by atoms with Crippen molar-refractivity contribution in [3.05, 3.63) is 23.8 Å². The van der Waals surface area contributed by atoms with Crippen LogP contribution in [0.3, 0.4) is 0 Å². The second-order valence-corrected chi connectivity index (χ2v) is 7.42. The SMILES string of the molecule is CCCCNC(=O)C1CCC(C(=O)NCCc2ccc(OC)c(OC)c2)CC1. The Balaban J connectivity index is 1.71. The van der Waals surface area contributed by atoms with Gasteiger partial charge in [0.25, 0.3) is 0 Å². The zero-order valence-electron chi connectivity index (χ0n) is 17.4. The molecular formula is C22H34N2O4. The first-order valence-corrected chi connectivity index (χ1v) is 10.3. The number of ether oxygens (including phenoxy) is 2. The molecule has 0 radical (unpaired) electrons. The summed E-state index contributed by atoms with van der Waals surface area (Å²) in [5, 5.41) is 6.05. The van der Waals surface area contributed by atoms with Gasteiger partial charge >= 0.3 is 0 Å². The summed E-state index contributed by atoms with van der Waals surface area (Å²) < 4.78 is 10.6. The third kappa shape index (κ3) is 6.43. The maximum absolute atomic E-state index is 12.4. The van der Waals surface area contributed by atoms with Crippen molar-refractivity contribution in [3.63, 3.8) is 0 Å². The molecule has 28 heavy (non-hydrogen) atoms. The van der Waals surface area contributed by atoms with Crippen molar-refractivity contribution in [2.24, 2.45) is 11.8 Å². The van der Waals surface area contributed by atoms with Crippen molar-refractivity contribution in [3.8, 4) is 11.5 Å². The Kier molecular flexibility index (Phi) is 9.11. The summed E-state index contributed by atoms with van der Waals surface area (Å²) in [7, 11) is 3.23. The van der Waals surface area contributed by atoms with E-state index in [0.29, 0.717) is 18.0 Å². The first-order chi connectivity index (χ1) is 13.6. The molecule has 0 aliphatic heterocycles. The van der Waals surface area contributed by atoms with Gasteiger partial charge in [-0.15, -0.1) is 0 Å². The largest absolute Gasteiger partial charge is 0.493 e. The van der Waals surface area contributed by atoms with Crippen molar-refractivity contribution in [2.75, 3.05) is 27.3 Å². The van der Waals surface area contributed by atoms with Gasteiger partial charge in [0.2, 0.25) is 11.8 Å². The molecule has 6 heteroatoms. The lowest BCUT2D eigenvalue weighted by Crippen LogP contribution is -2.38. The van der Waals surface area contributed by atoms with Crippen LogP contribution in [0, 0.1) is 11.8 Å². The summed E-state index contributed by atoms with van der Waals surface area (Å²) in [5.74, 6) is 1.73.